The molecule has 0 aromatic heterocycles. The topological polar surface area (TPSA) is 71.2 Å². The fourth-order valence-corrected chi connectivity index (χ4v) is 1.44. The molecule has 0 spiro atoms. The SMILES string of the molecule is CCOC(=O)/C(N=Nc1ccc(F)c(Cl)c1)=C(/O)CCl. The third kappa shape index (κ3) is 4.47. The maximum Gasteiger partial charge on any atom is 0.362 e. The van der Waals surface area contributed by atoms with Crippen LogP contribution in [-0.4, -0.2) is 23.6 Å². The van der Waals surface area contributed by atoms with Crippen LogP contribution in [0.15, 0.2) is 39.9 Å². The van der Waals surface area contributed by atoms with E-state index in [4.69, 9.17) is 27.9 Å². The van der Waals surface area contributed by atoms with E-state index in [-0.39, 0.29) is 23.2 Å². The molecule has 0 aliphatic carbocycles. The smallest absolute Gasteiger partial charge is 0.362 e. The van der Waals surface area contributed by atoms with Crippen molar-refractivity contribution in [2.75, 3.05) is 12.5 Å². The number of aliphatic hydroxyl groups excluding tert-OH is 1. The molecule has 108 valence electrons. The molecule has 0 atom stereocenters. The molecule has 1 aromatic carbocycles. The second kappa shape index (κ2) is 7.81. The number of carbonyl (C=O) groups excluding carboxylic acids is 1. The van der Waals surface area contributed by atoms with Crippen LogP contribution < -0.4 is 0 Å². The summed E-state index contributed by atoms with van der Waals surface area (Å²) in [5.74, 6) is -2.25. The summed E-state index contributed by atoms with van der Waals surface area (Å²) in [7, 11) is 0. The fourth-order valence-electron chi connectivity index (χ4n) is 1.13. The Morgan fingerprint density at radius 3 is 2.75 bits per heavy atom. The number of rotatable bonds is 5. The number of hydrogen-bond acceptors (Lipinski definition) is 5. The molecule has 0 saturated carbocycles. The van der Waals surface area contributed by atoms with Crippen LogP contribution in [0.5, 0.6) is 0 Å². The molecule has 0 radical (unpaired) electrons. The van der Waals surface area contributed by atoms with Gasteiger partial charge in [-0.1, -0.05) is 11.6 Å². The summed E-state index contributed by atoms with van der Waals surface area (Å²) in [4.78, 5) is 11.5. The number of esters is 1. The number of ether oxygens (including phenoxy) is 1. The summed E-state index contributed by atoms with van der Waals surface area (Å²) in [6, 6.07) is 3.64. The highest BCUT2D eigenvalue weighted by Crippen LogP contribution is 2.23. The summed E-state index contributed by atoms with van der Waals surface area (Å²) in [5, 5.41) is 16.6. The van der Waals surface area contributed by atoms with Crippen molar-refractivity contribution in [3.8, 4) is 0 Å². The van der Waals surface area contributed by atoms with Gasteiger partial charge in [0.15, 0.2) is 0 Å². The lowest BCUT2D eigenvalue weighted by atomic mass is 10.3. The molecule has 0 fully saturated rings. The van der Waals surface area contributed by atoms with E-state index in [1.165, 1.54) is 12.1 Å². The molecule has 0 heterocycles. The van der Waals surface area contributed by atoms with Crippen molar-refractivity contribution >= 4 is 34.9 Å². The van der Waals surface area contributed by atoms with E-state index in [0.717, 1.165) is 6.07 Å². The monoisotopic (exact) mass is 320 g/mol. The number of benzene rings is 1. The molecule has 0 aliphatic rings. The molecule has 1 rings (SSSR count). The van der Waals surface area contributed by atoms with Crippen LogP contribution in [0, 0.1) is 5.82 Å². The van der Waals surface area contributed by atoms with Crippen LogP contribution in [-0.2, 0) is 9.53 Å². The number of allylic oxidation sites excluding steroid dienone is 1. The maximum absolute atomic E-state index is 13.0. The molecular formula is C12H11Cl2FN2O3. The first-order valence-corrected chi connectivity index (χ1v) is 6.42. The van der Waals surface area contributed by atoms with Crippen molar-refractivity contribution in [1.82, 2.24) is 0 Å². The van der Waals surface area contributed by atoms with Crippen LogP contribution in [0.2, 0.25) is 5.02 Å². The molecule has 0 unspecified atom stereocenters. The number of carbonyl (C=O) groups is 1. The molecule has 20 heavy (non-hydrogen) atoms. The van der Waals surface area contributed by atoms with Crippen LogP contribution in [0.4, 0.5) is 10.1 Å². The van der Waals surface area contributed by atoms with Gasteiger partial charge in [0.05, 0.1) is 23.2 Å². The lowest BCUT2D eigenvalue weighted by molar-refractivity contribution is -0.138. The quantitative estimate of drug-likeness (QED) is 0.291. The van der Waals surface area contributed by atoms with Crippen molar-refractivity contribution in [2.45, 2.75) is 6.92 Å². The molecule has 0 amide bonds. The Morgan fingerprint density at radius 2 is 2.20 bits per heavy atom. The lowest BCUT2D eigenvalue weighted by Crippen LogP contribution is -2.09. The van der Waals surface area contributed by atoms with Crippen LogP contribution >= 0.6 is 23.2 Å². The number of aliphatic hydroxyl groups is 1. The Morgan fingerprint density at radius 1 is 1.50 bits per heavy atom. The van der Waals surface area contributed by atoms with E-state index in [9.17, 15) is 14.3 Å². The molecule has 0 bridgehead atoms. The molecule has 8 heteroatoms. The van der Waals surface area contributed by atoms with Gasteiger partial charge in [0.1, 0.15) is 11.6 Å². The van der Waals surface area contributed by atoms with E-state index in [0.29, 0.717) is 0 Å². The molecule has 1 N–H and O–H groups in total. The van der Waals surface area contributed by atoms with Gasteiger partial charge in [-0.25, -0.2) is 9.18 Å². The predicted octanol–water partition coefficient (Wildman–Crippen LogP) is 4.13. The highest BCUT2D eigenvalue weighted by Gasteiger charge is 2.16. The van der Waals surface area contributed by atoms with Crippen molar-refractivity contribution in [1.29, 1.82) is 0 Å². The van der Waals surface area contributed by atoms with Gasteiger partial charge in [0, 0.05) is 0 Å². The predicted molar refractivity (Wildman–Crippen MR) is 72.9 cm³/mol. The van der Waals surface area contributed by atoms with Crippen molar-refractivity contribution in [3.63, 3.8) is 0 Å². The van der Waals surface area contributed by atoms with Gasteiger partial charge in [-0.15, -0.1) is 16.7 Å². The minimum absolute atomic E-state index is 0.107. The minimum atomic E-state index is -0.859. The van der Waals surface area contributed by atoms with E-state index in [1.807, 2.05) is 0 Å². The first-order valence-electron chi connectivity index (χ1n) is 5.51. The Labute approximate surface area is 124 Å². The zero-order chi connectivity index (χ0) is 15.1. The van der Waals surface area contributed by atoms with E-state index < -0.39 is 23.2 Å². The van der Waals surface area contributed by atoms with E-state index >= 15 is 0 Å². The first-order chi connectivity index (χ1) is 9.49. The third-order valence-corrected chi connectivity index (χ3v) is 2.58. The summed E-state index contributed by atoms with van der Waals surface area (Å²) in [6.45, 7) is 1.71. The number of alkyl halides is 1. The van der Waals surface area contributed by atoms with Gasteiger partial charge in [-0.05, 0) is 25.1 Å². The largest absolute Gasteiger partial charge is 0.508 e. The summed E-state index contributed by atoms with van der Waals surface area (Å²) >= 11 is 11.0. The number of azo groups is 1. The van der Waals surface area contributed by atoms with Gasteiger partial charge in [0.2, 0.25) is 5.70 Å². The average molecular weight is 321 g/mol. The Kier molecular flexibility index (Phi) is 6.41. The van der Waals surface area contributed by atoms with Gasteiger partial charge >= 0.3 is 5.97 Å². The van der Waals surface area contributed by atoms with Gasteiger partial charge in [-0.2, -0.15) is 5.11 Å². The standard InChI is InChI=1S/C12H11Cl2FN2O3/c1-2-20-12(19)11(10(18)6-13)17-16-7-3-4-9(15)8(14)5-7/h3-5,18H,2,6H2,1H3/b11-10-,17-16?. The fraction of sp³-hybridized carbons (Fsp3) is 0.250. The summed E-state index contributed by atoms with van der Waals surface area (Å²) < 4.78 is 17.7. The van der Waals surface area contributed by atoms with Gasteiger partial charge < -0.3 is 9.84 Å². The highest BCUT2D eigenvalue weighted by atomic mass is 35.5. The van der Waals surface area contributed by atoms with E-state index in [2.05, 4.69) is 10.2 Å². The number of hydrogen-bond donors (Lipinski definition) is 1. The van der Waals surface area contributed by atoms with E-state index in [1.54, 1.807) is 6.92 Å². The molecule has 1 aromatic rings. The van der Waals surface area contributed by atoms with Gasteiger partial charge in [-0.3, -0.25) is 0 Å². The van der Waals surface area contributed by atoms with Crippen molar-refractivity contribution < 1.29 is 19.0 Å². The number of nitrogens with zero attached hydrogens (tertiary/aromatic N) is 2. The third-order valence-electron chi connectivity index (χ3n) is 2.04. The molecule has 0 saturated heterocycles. The summed E-state index contributed by atoms with van der Waals surface area (Å²) in [5.41, 5.74) is -0.206. The zero-order valence-electron chi connectivity index (χ0n) is 10.4. The number of halogens is 3. The van der Waals surface area contributed by atoms with Crippen LogP contribution in [0.3, 0.4) is 0 Å². The summed E-state index contributed by atoms with van der Waals surface area (Å²) in [6.07, 6.45) is 0. The maximum atomic E-state index is 13.0. The minimum Gasteiger partial charge on any atom is -0.508 e. The molecule has 0 aliphatic heterocycles. The van der Waals surface area contributed by atoms with Crippen molar-refractivity contribution in [2.24, 2.45) is 10.2 Å². The normalized spacial score (nSPS) is 12.4. The zero-order valence-corrected chi connectivity index (χ0v) is 12.0. The lowest BCUT2D eigenvalue weighted by Gasteiger charge is -2.03. The van der Waals surface area contributed by atoms with Crippen molar-refractivity contribution in [3.05, 3.63) is 40.5 Å². The van der Waals surface area contributed by atoms with Crippen LogP contribution in [0.1, 0.15) is 6.92 Å². The Bertz CT molecular complexity index is 562. The highest BCUT2D eigenvalue weighted by molar-refractivity contribution is 6.31. The molecular weight excluding hydrogens is 310 g/mol. The van der Waals surface area contributed by atoms with Crippen LogP contribution in [0.25, 0.3) is 0 Å². The average Bonchev–Trinajstić information content (AvgIpc) is 2.42. The second-order valence-electron chi connectivity index (χ2n) is 3.45. The Balaban J connectivity index is 3.03. The Hall–Kier alpha value is -1.66. The molecule has 5 nitrogen and oxygen atoms in total. The second-order valence-corrected chi connectivity index (χ2v) is 4.12. The van der Waals surface area contributed by atoms with Gasteiger partial charge in [0.25, 0.3) is 0 Å². The first kappa shape index (κ1) is 16.4.